The maximum absolute atomic E-state index is 14.3. The van der Waals surface area contributed by atoms with Crippen molar-refractivity contribution in [2.45, 2.75) is 0 Å². The van der Waals surface area contributed by atoms with Crippen LogP contribution in [0, 0.1) is 5.82 Å². The van der Waals surface area contributed by atoms with E-state index >= 15 is 0 Å². The monoisotopic (exact) mass is 485 g/mol. The largest absolute Gasteiger partial charge is 0.480 e. The molecule has 0 heterocycles. The number of aliphatic carboxylic acids is 1. The summed E-state index contributed by atoms with van der Waals surface area (Å²) in [6, 6.07) is 16.2. The number of carbonyl (C=O) groups excluding carboxylic acids is 2. The first-order valence-corrected chi connectivity index (χ1v) is 9.79. The first-order valence-electron chi connectivity index (χ1n) is 9.00. The van der Waals surface area contributed by atoms with Crippen LogP contribution in [0.3, 0.4) is 0 Å². The van der Waals surface area contributed by atoms with Crippen molar-refractivity contribution in [1.82, 2.24) is 0 Å². The van der Waals surface area contributed by atoms with Gasteiger partial charge < -0.3 is 16.2 Å². The number of carboxylic acids is 1. The molecule has 0 atom stereocenters. The second-order valence-corrected chi connectivity index (χ2v) is 7.45. The quantitative estimate of drug-likeness (QED) is 0.453. The number of hydrogen-bond acceptors (Lipinski definition) is 4. The van der Waals surface area contributed by atoms with Crippen LogP contribution in [0.25, 0.3) is 0 Å². The van der Waals surface area contributed by atoms with Crippen LogP contribution in [0.2, 0.25) is 0 Å². The molecule has 3 aromatic rings. The number of halogens is 2. The normalized spacial score (nSPS) is 10.4. The molecule has 0 aliphatic rings. The van der Waals surface area contributed by atoms with Crippen LogP contribution in [-0.4, -0.2) is 29.4 Å². The molecule has 0 saturated carbocycles. The lowest BCUT2D eigenvalue weighted by molar-refractivity contribution is -0.135. The van der Waals surface area contributed by atoms with Crippen LogP contribution >= 0.6 is 15.9 Å². The minimum Gasteiger partial charge on any atom is -0.480 e. The topological polar surface area (TPSA) is 113 Å². The fourth-order valence-corrected chi connectivity index (χ4v) is 3.12. The third-order valence-electron chi connectivity index (χ3n) is 4.30. The Morgan fingerprint density at radius 1 is 0.968 bits per heavy atom. The molecule has 0 aliphatic carbocycles. The van der Waals surface area contributed by atoms with E-state index in [1.165, 1.54) is 36.4 Å². The molecule has 0 aromatic heterocycles. The predicted molar refractivity (Wildman–Crippen MR) is 119 cm³/mol. The summed E-state index contributed by atoms with van der Waals surface area (Å²) in [5, 5.41) is 11.9. The van der Waals surface area contributed by atoms with Gasteiger partial charge >= 0.3 is 5.97 Å². The highest BCUT2D eigenvalue weighted by molar-refractivity contribution is 9.10. The van der Waals surface area contributed by atoms with Crippen LogP contribution in [0.5, 0.6) is 0 Å². The van der Waals surface area contributed by atoms with Gasteiger partial charge in [0.05, 0.1) is 5.69 Å². The van der Waals surface area contributed by atoms with Gasteiger partial charge in [-0.25, -0.2) is 4.39 Å². The smallest absolute Gasteiger partial charge is 0.323 e. The third kappa shape index (κ3) is 5.46. The predicted octanol–water partition coefficient (Wildman–Crippen LogP) is 4.15. The van der Waals surface area contributed by atoms with Gasteiger partial charge in [0.25, 0.3) is 11.8 Å². The van der Waals surface area contributed by atoms with Crippen LogP contribution in [0.1, 0.15) is 20.7 Å². The van der Waals surface area contributed by atoms with E-state index in [-0.39, 0.29) is 17.2 Å². The number of nitrogen functional groups attached to an aromatic ring is 1. The summed E-state index contributed by atoms with van der Waals surface area (Å²) in [5.74, 6) is -3.08. The number of hydrogen-bond donors (Lipinski definition) is 3. The van der Waals surface area contributed by atoms with Gasteiger partial charge in [-0.3, -0.25) is 19.3 Å². The van der Waals surface area contributed by atoms with E-state index in [1.807, 2.05) is 0 Å². The maximum atomic E-state index is 14.3. The second kappa shape index (κ2) is 9.40. The van der Waals surface area contributed by atoms with Gasteiger partial charge in [0.1, 0.15) is 12.4 Å². The minimum absolute atomic E-state index is 0.133. The summed E-state index contributed by atoms with van der Waals surface area (Å²) in [6.45, 7) is -0.715. The van der Waals surface area contributed by atoms with E-state index in [0.29, 0.717) is 21.4 Å². The average Bonchev–Trinajstić information content (AvgIpc) is 2.73. The summed E-state index contributed by atoms with van der Waals surface area (Å²) < 4.78 is 14.8. The van der Waals surface area contributed by atoms with Gasteiger partial charge in [-0.2, -0.15) is 0 Å². The van der Waals surface area contributed by atoms with Gasteiger partial charge in [-0.05, 0) is 66.7 Å². The average molecular weight is 486 g/mol. The van der Waals surface area contributed by atoms with Crippen molar-refractivity contribution in [1.29, 1.82) is 0 Å². The zero-order valence-corrected chi connectivity index (χ0v) is 17.6. The number of nitrogens with one attached hydrogen (secondary N) is 1. The van der Waals surface area contributed by atoms with E-state index in [1.54, 1.807) is 24.3 Å². The number of nitrogens with zero attached hydrogens (tertiary/aromatic N) is 1. The van der Waals surface area contributed by atoms with E-state index in [9.17, 15) is 23.9 Å². The van der Waals surface area contributed by atoms with Gasteiger partial charge in [-0.1, -0.05) is 15.9 Å². The molecular formula is C22H17BrFN3O4. The van der Waals surface area contributed by atoms with Gasteiger partial charge in [0, 0.05) is 27.0 Å². The Hall–Kier alpha value is -3.72. The van der Waals surface area contributed by atoms with Gasteiger partial charge in [0.15, 0.2) is 0 Å². The van der Waals surface area contributed by atoms with E-state index in [4.69, 9.17) is 5.73 Å². The van der Waals surface area contributed by atoms with Gasteiger partial charge in [0.2, 0.25) is 0 Å². The van der Waals surface area contributed by atoms with Crippen LogP contribution < -0.4 is 16.0 Å². The molecule has 31 heavy (non-hydrogen) atoms. The molecule has 3 rings (SSSR count). The molecule has 0 radical (unpaired) electrons. The third-order valence-corrected chi connectivity index (χ3v) is 4.79. The van der Waals surface area contributed by atoms with Crippen molar-refractivity contribution in [3.8, 4) is 0 Å². The van der Waals surface area contributed by atoms with Crippen molar-refractivity contribution in [2.24, 2.45) is 0 Å². The zero-order chi connectivity index (χ0) is 22.5. The Labute approximate surface area is 185 Å². The Bertz CT molecular complexity index is 1130. The number of carbonyl (C=O) groups is 3. The molecule has 0 fully saturated rings. The summed E-state index contributed by atoms with van der Waals surface area (Å²) in [7, 11) is 0. The SMILES string of the molecule is Nc1ccc(C(=O)Nc2ccc(C(=O)N(CC(=O)O)c3ccc(Br)cc3F)cc2)cc1. The minimum atomic E-state index is -1.29. The lowest BCUT2D eigenvalue weighted by Crippen LogP contribution is -2.36. The molecule has 7 nitrogen and oxygen atoms in total. The summed E-state index contributed by atoms with van der Waals surface area (Å²) in [5.41, 5.74) is 6.96. The highest BCUT2D eigenvalue weighted by atomic mass is 79.9. The highest BCUT2D eigenvalue weighted by Gasteiger charge is 2.23. The fourth-order valence-electron chi connectivity index (χ4n) is 2.79. The van der Waals surface area contributed by atoms with E-state index in [2.05, 4.69) is 21.2 Å². The molecule has 158 valence electrons. The molecule has 0 saturated heterocycles. The number of anilines is 3. The van der Waals surface area contributed by atoms with Crippen molar-refractivity contribution < 1.29 is 23.9 Å². The number of amides is 2. The molecule has 0 unspecified atom stereocenters. The zero-order valence-electron chi connectivity index (χ0n) is 16.0. The Morgan fingerprint density at radius 2 is 1.58 bits per heavy atom. The second-order valence-electron chi connectivity index (χ2n) is 6.53. The molecule has 0 aliphatic heterocycles. The number of nitrogens with two attached hydrogens (primary N) is 1. The first kappa shape index (κ1) is 22.0. The van der Waals surface area contributed by atoms with Crippen LogP contribution in [-0.2, 0) is 4.79 Å². The number of benzene rings is 3. The number of carboxylic acid groups (broad SMARTS) is 1. The van der Waals surface area contributed by atoms with Gasteiger partial charge in [-0.15, -0.1) is 0 Å². The Morgan fingerprint density at radius 3 is 2.16 bits per heavy atom. The van der Waals surface area contributed by atoms with E-state index in [0.717, 1.165) is 11.0 Å². The fraction of sp³-hybridized carbons (Fsp3) is 0.0455. The van der Waals surface area contributed by atoms with Crippen molar-refractivity contribution in [2.75, 3.05) is 22.5 Å². The molecule has 9 heteroatoms. The summed E-state index contributed by atoms with van der Waals surface area (Å²) in [6.07, 6.45) is 0. The molecule has 0 bridgehead atoms. The Kier molecular flexibility index (Phi) is 6.66. The maximum Gasteiger partial charge on any atom is 0.323 e. The Balaban J connectivity index is 1.80. The molecule has 4 N–H and O–H groups in total. The molecular weight excluding hydrogens is 469 g/mol. The van der Waals surface area contributed by atoms with E-state index < -0.39 is 24.2 Å². The highest BCUT2D eigenvalue weighted by Crippen LogP contribution is 2.25. The molecule has 0 spiro atoms. The van der Waals surface area contributed by atoms with Crippen molar-refractivity contribution in [3.05, 3.63) is 88.1 Å². The standard InChI is InChI=1S/C22H17BrFN3O4/c23-15-5-10-19(18(24)11-15)27(12-20(28)29)22(31)14-3-8-17(9-4-14)26-21(30)13-1-6-16(25)7-2-13/h1-11H,12,25H2,(H,26,30)(H,28,29). The first-order chi connectivity index (χ1) is 14.7. The summed E-state index contributed by atoms with van der Waals surface area (Å²) >= 11 is 3.13. The molecule has 3 aromatic carbocycles. The van der Waals surface area contributed by atoms with Crippen molar-refractivity contribution in [3.63, 3.8) is 0 Å². The van der Waals surface area contributed by atoms with Crippen LogP contribution in [0.4, 0.5) is 21.5 Å². The van der Waals surface area contributed by atoms with Crippen molar-refractivity contribution >= 4 is 50.8 Å². The van der Waals surface area contributed by atoms with Crippen LogP contribution in [0.15, 0.2) is 71.2 Å². The lowest BCUT2D eigenvalue weighted by Gasteiger charge is -2.22. The lowest BCUT2D eigenvalue weighted by atomic mass is 10.1. The summed E-state index contributed by atoms with van der Waals surface area (Å²) in [4.78, 5) is 37.3. The number of rotatable bonds is 6. The molecule has 2 amide bonds.